The summed E-state index contributed by atoms with van der Waals surface area (Å²) in [5, 5.41) is 0. The minimum Gasteiger partial charge on any atom is -0.466 e. The van der Waals surface area contributed by atoms with Gasteiger partial charge in [-0.25, -0.2) is 4.79 Å². The molecule has 2 bridgehead atoms. The third kappa shape index (κ3) is 5.34. The lowest BCUT2D eigenvalue weighted by atomic mass is 9.90. The van der Waals surface area contributed by atoms with Crippen molar-refractivity contribution in [3.05, 3.63) is 12.2 Å². The number of methoxy groups -OCH3 is 1. The van der Waals surface area contributed by atoms with Gasteiger partial charge in [0.15, 0.2) is 0 Å². The fourth-order valence-electron chi connectivity index (χ4n) is 1.90. The molecule has 104 valence electrons. The molecule has 1 saturated carbocycles. The van der Waals surface area contributed by atoms with Crippen LogP contribution in [0.4, 0.5) is 0 Å². The van der Waals surface area contributed by atoms with E-state index in [1.165, 1.54) is 13.5 Å². The van der Waals surface area contributed by atoms with Crippen molar-refractivity contribution in [3.63, 3.8) is 0 Å². The minimum absolute atomic E-state index is 0.0532. The van der Waals surface area contributed by atoms with E-state index in [4.69, 9.17) is 4.74 Å². The molecular formula is C14H24O4. The molecule has 2 fully saturated rings. The Kier molecular flexibility index (Phi) is 8.08. The smallest absolute Gasteiger partial charge is 0.332 e. The highest BCUT2D eigenvalue weighted by Gasteiger charge is 2.37. The second-order valence-electron chi connectivity index (χ2n) is 4.19. The molecule has 0 aromatic rings. The standard InChI is InChI=1S/C7H10O2.C5H8O2.C2H6/c8-7-5-2-1-3-6(4-5)9-7;1-4(2)5(6)7-3;1-2/h5-6H,1-4H2;1H2,2-3H3;1-2H3. The summed E-state index contributed by atoms with van der Waals surface area (Å²) < 4.78 is 9.32. The molecule has 4 heteroatoms. The highest BCUT2D eigenvalue weighted by atomic mass is 16.6. The zero-order valence-electron chi connectivity index (χ0n) is 11.8. The molecule has 1 saturated heterocycles. The minimum atomic E-state index is -0.347. The molecule has 0 spiro atoms. The van der Waals surface area contributed by atoms with Crippen LogP contribution in [-0.2, 0) is 19.1 Å². The van der Waals surface area contributed by atoms with Gasteiger partial charge in [-0.15, -0.1) is 0 Å². The van der Waals surface area contributed by atoms with E-state index in [1.54, 1.807) is 6.92 Å². The van der Waals surface area contributed by atoms with Gasteiger partial charge in [0.05, 0.1) is 13.0 Å². The van der Waals surface area contributed by atoms with Gasteiger partial charge in [-0.2, -0.15) is 0 Å². The Bertz CT molecular complexity index is 296. The molecule has 0 radical (unpaired) electrons. The third-order valence-electron chi connectivity index (χ3n) is 2.78. The number of hydrogen-bond donors (Lipinski definition) is 0. The Balaban J connectivity index is 0.000000292. The number of esters is 2. The van der Waals surface area contributed by atoms with Crippen molar-refractivity contribution in [1.29, 1.82) is 0 Å². The Morgan fingerprint density at radius 1 is 1.39 bits per heavy atom. The summed E-state index contributed by atoms with van der Waals surface area (Å²) in [5.41, 5.74) is 0.433. The quantitative estimate of drug-likeness (QED) is 0.534. The monoisotopic (exact) mass is 256 g/mol. The van der Waals surface area contributed by atoms with Crippen LogP contribution >= 0.6 is 0 Å². The zero-order chi connectivity index (χ0) is 14.1. The molecule has 2 atom stereocenters. The lowest BCUT2D eigenvalue weighted by molar-refractivity contribution is -0.143. The predicted molar refractivity (Wildman–Crippen MR) is 70.0 cm³/mol. The van der Waals surface area contributed by atoms with Gasteiger partial charge in [-0.1, -0.05) is 20.4 Å². The van der Waals surface area contributed by atoms with E-state index in [2.05, 4.69) is 11.3 Å². The molecule has 0 aromatic heterocycles. The number of hydrogen-bond acceptors (Lipinski definition) is 4. The van der Waals surface area contributed by atoms with E-state index in [0.29, 0.717) is 5.57 Å². The van der Waals surface area contributed by atoms with E-state index < -0.39 is 0 Å². The van der Waals surface area contributed by atoms with Crippen LogP contribution in [-0.4, -0.2) is 25.2 Å². The second kappa shape index (κ2) is 8.72. The molecule has 2 aliphatic rings. The second-order valence-corrected chi connectivity index (χ2v) is 4.19. The predicted octanol–water partition coefficient (Wildman–Crippen LogP) is 2.86. The van der Waals surface area contributed by atoms with E-state index in [9.17, 15) is 9.59 Å². The molecule has 2 unspecified atom stereocenters. The van der Waals surface area contributed by atoms with Crippen LogP contribution in [0, 0.1) is 5.92 Å². The molecule has 0 amide bonds. The highest BCUT2D eigenvalue weighted by molar-refractivity contribution is 5.86. The first-order valence-corrected chi connectivity index (χ1v) is 6.49. The average Bonchev–Trinajstić information content (AvgIpc) is 2.64. The summed E-state index contributed by atoms with van der Waals surface area (Å²) in [6.45, 7) is 8.95. The molecule has 1 aliphatic heterocycles. The van der Waals surface area contributed by atoms with Crippen LogP contribution in [0.3, 0.4) is 0 Å². The van der Waals surface area contributed by atoms with Crippen LogP contribution in [0.15, 0.2) is 12.2 Å². The lowest BCUT2D eigenvalue weighted by Crippen LogP contribution is -2.10. The van der Waals surface area contributed by atoms with Crippen molar-refractivity contribution >= 4 is 11.9 Å². The fourth-order valence-corrected chi connectivity index (χ4v) is 1.90. The SMILES string of the molecule is C=C(C)C(=O)OC.CC.O=C1OC2CCCC1C2. The van der Waals surface area contributed by atoms with Gasteiger partial charge >= 0.3 is 11.9 Å². The Morgan fingerprint density at radius 2 is 2.00 bits per heavy atom. The lowest BCUT2D eigenvalue weighted by Gasteiger charge is -2.12. The first-order valence-electron chi connectivity index (χ1n) is 6.49. The van der Waals surface area contributed by atoms with Crippen LogP contribution < -0.4 is 0 Å². The summed E-state index contributed by atoms with van der Waals surface area (Å²) >= 11 is 0. The van der Waals surface area contributed by atoms with Gasteiger partial charge in [0.1, 0.15) is 6.10 Å². The first kappa shape index (κ1) is 16.7. The molecule has 0 N–H and O–H groups in total. The van der Waals surface area contributed by atoms with Crippen molar-refractivity contribution in [1.82, 2.24) is 0 Å². The van der Waals surface area contributed by atoms with Gasteiger partial charge < -0.3 is 9.47 Å². The van der Waals surface area contributed by atoms with E-state index in [-0.39, 0.29) is 24.0 Å². The van der Waals surface area contributed by atoms with Crippen LogP contribution in [0.5, 0.6) is 0 Å². The van der Waals surface area contributed by atoms with Crippen LogP contribution in [0.2, 0.25) is 0 Å². The Labute approximate surface area is 109 Å². The van der Waals surface area contributed by atoms with Crippen molar-refractivity contribution in [2.75, 3.05) is 7.11 Å². The van der Waals surface area contributed by atoms with Crippen molar-refractivity contribution in [2.45, 2.75) is 52.6 Å². The molecule has 2 rings (SSSR count). The largest absolute Gasteiger partial charge is 0.466 e. The van der Waals surface area contributed by atoms with Crippen molar-refractivity contribution in [3.8, 4) is 0 Å². The number of rotatable bonds is 1. The molecule has 4 nitrogen and oxygen atoms in total. The summed E-state index contributed by atoms with van der Waals surface area (Å²) in [6.07, 6.45) is 4.63. The molecule has 0 aromatic carbocycles. The number of carbonyl (C=O) groups is 2. The van der Waals surface area contributed by atoms with Crippen LogP contribution in [0.25, 0.3) is 0 Å². The molecule has 18 heavy (non-hydrogen) atoms. The van der Waals surface area contributed by atoms with Gasteiger partial charge in [-0.05, 0) is 32.6 Å². The molecule has 1 aliphatic carbocycles. The van der Waals surface area contributed by atoms with Gasteiger partial charge in [0.2, 0.25) is 0 Å². The Hall–Kier alpha value is -1.32. The van der Waals surface area contributed by atoms with Crippen molar-refractivity contribution in [2.24, 2.45) is 5.92 Å². The fraction of sp³-hybridized carbons (Fsp3) is 0.714. The van der Waals surface area contributed by atoms with Gasteiger partial charge in [0, 0.05) is 5.57 Å². The molecular weight excluding hydrogens is 232 g/mol. The summed E-state index contributed by atoms with van der Waals surface area (Å²) in [4.78, 5) is 21.0. The van der Waals surface area contributed by atoms with Gasteiger partial charge in [0.25, 0.3) is 0 Å². The highest BCUT2D eigenvalue weighted by Crippen LogP contribution is 2.33. The average molecular weight is 256 g/mol. The molecule has 1 heterocycles. The van der Waals surface area contributed by atoms with Crippen LogP contribution in [0.1, 0.15) is 46.5 Å². The summed E-state index contributed by atoms with van der Waals surface area (Å²) in [7, 11) is 1.33. The maximum Gasteiger partial charge on any atom is 0.332 e. The normalized spacial score (nSPS) is 23.7. The van der Waals surface area contributed by atoms with E-state index >= 15 is 0 Å². The first-order chi connectivity index (χ1) is 8.54. The topological polar surface area (TPSA) is 52.6 Å². The number of carbonyl (C=O) groups excluding carboxylic acids is 2. The summed E-state index contributed by atoms with van der Waals surface area (Å²) in [5.74, 6) is -0.0266. The third-order valence-corrected chi connectivity index (χ3v) is 2.78. The van der Waals surface area contributed by atoms with Gasteiger partial charge in [-0.3, -0.25) is 4.79 Å². The maximum atomic E-state index is 10.8. The maximum absolute atomic E-state index is 10.8. The number of fused-ring (bicyclic) bond motifs is 2. The Morgan fingerprint density at radius 3 is 2.33 bits per heavy atom. The van der Waals surface area contributed by atoms with E-state index in [1.807, 2.05) is 13.8 Å². The number of ether oxygens (including phenoxy) is 2. The van der Waals surface area contributed by atoms with Crippen molar-refractivity contribution < 1.29 is 19.1 Å². The van der Waals surface area contributed by atoms with E-state index in [0.717, 1.165) is 19.3 Å². The summed E-state index contributed by atoms with van der Waals surface area (Å²) in [6, 6.07) is 0. The zero-order valence-corrected chi connectivity index (χ0v) is 11.8.